The second-order valence-electron chi connectivity index (χ2n) is 5.18. The Labute approximate surface area is 133 Å². The minimum atomic E-state index is -2.21. The van der Waals surface area contributed by atoms with Crippen LogP contribution in [0.2, 0.25) is 12.6 Å². The lowest BCUT2D eigenvalue weighted by Crippen LogP contribution is -2.44. The van der Waals surface area contributed by atoms with Crippen LogP contribution in [0.1, 0.15) is 33.6 Å². The SMILES string of the molecule is CCO[Si](C)(CCCN(CC)C(CC(=O)O)C(=O)O)OCC. The van der Waals surface area contributed by atoms with Crippen LogP contribution in [0.15, 0.2) is 0 Å². The van der Waals surface area contributed by atoms with Crippen molar-refractivity contribution >= 4 is 20.5 Å². The highest BCUT2D eigenvalue weighted by molar-refractivity contribution is 6.66. The van der Waals surface area contributed by atoms with Crippen molar-refractivity contribution in [1.29, 1.82) is 0 Å². The minimum Gasteiger partial charge on any atom is -0.481 e. The summed E-state index contributed by atoms with van der Waals surface area (Å²) >= 11 is 0. The summed E-state index contributed by atoms with van der Waals surface area (Å²) in [7, 11) is -2.21. The second-order valence-corrected chi connectivity index (χ2v) is 8.53. The molecule has 0 aliphatic heterocycles. The normalized spacial score (nSPS) is 13.3. The molecular formula is C14H29NO6Si. The lowest BCUT2D eigenvalue weighted by atomic mass is 10.1. The molecule has 0 radical (unpaired) electrons. The topological polar surface area (TPSA) is 96.3 Å². The number of aliphatic carboxylic acids is 2. The first-order valence-electron chi connectivity index (χ1n) is 7.76. The number of likely N-dealkylation sites (N-methyl/N-ethyl adjacent to an activating group) is 1. The van der Waals surface area contributed by atoms with Gasteiger partial charge in [0.15, 0.2) is 0 Å². The van der Waals surface area contributed by atoms with Gasteiger partial charge in [-0.15, -0.1) is 0 Å². The van der Waals surface area contributed by atoms with Crippen LogP contribution in [0.3, 0.4) is 0 Å². The van der Waals surface area contributed by atoms with E-state index < -0.39 is 33.0 Å². The number of carboxylic acids is 2. The molecule has 0 spiro atoms. The van der Waals surface area contributed by atoms with E-state index in [0.29, 0.717) is 26.3 Å². The largest absolute Gasteiger partial charge is 0.481 e. The van der Waals surface area contributed by atoms with Crippen LogP contribution in [-0.4, -0.2) is 68.0 Å². The summed E-state index contributed by atoms with van der Waals surface area (Å²) in [6, 6.07) is -0.237. The van der Waals surface area contributed by atoms with Crippen molar-refractivity contribution < 1.29 is 28.7 Å². The van der Waals surface area contributed by atoms with Gasteiger partial charge in [-0.3, -0.25) is 14.5 Å². The first-order valence-corrected chi connectivity index (χ1v) is 10.3. The Kier molecular flexibility index (Phi) is 10.2. The quantitative estimate of drug-likeness (QED) is 0.495. The number of hydrogen-bond donors (Lipinski definition) is 2. The van der Waals surface area contributed by atoms with E-state index in [1.807, 2.05) is 27.3 Å². The molecule has 1 unspecified atom stereocenters. The predicted molar refractivity (Wildman–Crippen MR) is 85.2 cm³/mol. The van der Waals surface area contributed by atoms with Gasteiger partial charge in [-0.1, -0.05) is 6.92 Å². The fourth-order valence-corrected chi connectivity index (χ4v) is 4.87. The third-order valence-electron chi connectivity index (χ3n) is 3.48. The first kappa shape index (κ1) is 21.0. The second kappa shape index (κ2) is 10.7. The average molecular weight is 335 g/mol. The van der Waals surface area contributed by atoms with E-state index in [-0.39, 0.29) is 0 Å². The maximum absolute atomic E-state index is 11.3. The van der Waals surface area contributed by atoms with Gasteiger partial charge in [0.1, 0.15) is 6.04 Å². The molecule has 0 aliphatic carbocycles. The molecule has 22 heavy (non-hydrogen) atoms. The smallest absolute Gasteiger partial charge is 0.334 e. The van der Waals surface area contributed by atoms with Gasteiger partial charge in [0.2, 0.25) is 0 Å². The summed E-state index contributed by atoms with van der Waals surface area (Å²) in [5.74, 6) is -2.20. The van der Waals surface area contributed by atoms with Crippen molar-refractivity contribution in [3.63, 3.8) is 0 Å². The van der Waals surface area contributed by atoms with Gasteiger partial charge in [-0.05, 0) is 45.9 Å². The molecule has 0 aromatic carbocycles. The third kappa shape index (κ3) is 7.88. The summed E-state index contributed by atoms with van der Waals surface area (Å²) in [6.07, 6.45) is 0.328. The zero-order valence-electron chi connectivity index (χ0n) is 14.0. The Morgan fingerprint density at radius 2 is 1.68 bits per heavy atom. The number of nitrogens with zero attached hydrogens (tertiary/aromatic N) is 1. The zero-order chi connectivity index (χ0) is 17.2. The summed E-state index contributed by atoms with van der Waals surface area (Å²) in [5.41, 5.74) is 0. The van der Waals surface area contributed by atoms with Crippen LogP contribution in [0.5, 0.6) is 0 Å². The Morgan fingerprint density at radius 1 is 1.14 bits per heavy atom. The lowest BCUT2D eigenvalue weighted by molar-refractivity contribution is -0.149. The number of carbonyl (C=O) groups is 2. The highest BCUT2D eigenvalue weighted by atomic mass is 28.4. The molecule has 0 amide bonds. The highest BCUT2D eigenvalue weighted by Gasteiger charge is 2.32. The monoisotopic (exact) mass is 335 g/mol. The van der Waals surface area contributed by atoms with Crippen LogP contribution in [0, 0.1) is 0 Å². The fourth-order valence-electron chi connectivity index (χ4n) is 2.47. The van der Waals surface area contributed by atoms with E-state index in [2.05, 4.69) is 0 Å². The van der Waals surface area contributed by atoms with Crippen molar-refractivity contribution in [3.05, 3.63) is 0 Å². The van der Waals surface area contributed by atoms with Gasteiger partial charge in [0, 0.05) is 13.2 Å². The third-order valence-corrected chi connectivity index (χ3v) is 6.54. The molecule has 0 heterocycles. The standard InChI is InChI=1S/C14H29NO6Si/c1-5-15(12(14(18)19)11-13(16)17)9-8-10-22(4,20-6-2)21-7-3/h12H,5-11H2,1-4H3,(H,16,17)(H,18,19). The van der Waals surface area contributed by atoms with E-state index in [0.717, 1.165) is 12.5 Å². The van der Waals surface area contributed by atoms with Crippen LogP contribution in [-0.2, 0) is 18.4 Å². The van der Waals surface area contributed by atoms with Gasteiger partial charge in [0.25, 0.3) is 0 Å². The molecule has 0 aliphatic rings. The maximum Gasteiger partial charge on any atom is 0.334 e. The molecule has 2 N–H and O–H groups in total. The van der Waals surface area contributed by atoms with Gasteiger partial charge >= 0.3 is 20.5 Å². The van der Waals surface area contributed by atoms with E-state index in [9.17, 15) is 14.7 Å². The van der Waals surface area contributed by atoms with Crippen LogP contribution >= 0.6 is 0 Å². The Balaban J connectivity index is 4.60. The van der Waals surface area contributed by atoms with Gasteiger partial charge in [-0.25, -0.2) is 0 Å². The van der Waals surface area contributed by atoms with Crippen LogP contribution in [0.25, 0.3) is 0 Å². The van der Waals surface area contributed by atoms with E-state index in [4.69, 9.17) is 14.0 Å². The van der Waals surface area contributed by atoms with Crippen molar-refractivity contribution in [2.24, 2.45) is 0 Å². The lowest BCUT2D eigenvalue weighted by Gasteiger charge is -2.29. The minimum absolute atomic E-state index is 0.394. The van der Waals surface area contributed by atoms with Crippen molar-refractivity contribution in [3.8, 4) is 0 Å². The van der Waals surface area contributed by atoms with Crippen molar-refractivity contribution in [1.82, 2.24) is 4.90 Å². The predicted octanol–water partition coefficient (Wildman–Crippen LogP) is 1.77. The first-order chi connectivity index (χ1) is 10.3. The summed E-state index contributed by atoms with van der Waals surface area (Å²) in [6.45, 7) is 9.89. The van der Waals surface area contributed by atoms with Gasteiger partial charge in [-0.2, -0.15) is 0 Å². The molecule has 1 atom stereocenters. The number of carboxylic acid groups (broad SMARTS) is 2. The fraction of sp³-hybridized carbons (Fsp3) is 0.857. The van der Waals surface area contributed by atoms with Gasteiger partial charge < -0.3 is 19.1 Å². The maximum atomic E-state index is 11.3. The molecule has 0 fully saturated rings. The molecule has 0 saturated heterocycles. The van der Waals surface area contributed by atoms with Crippen LogP contribution in [0.4, 0.5) is 0 Å². The Morgan fingerprint density at radius 3 is 2.05 bits per heavy atom. The molecule has 130 valence electrons. The van der Waals surface area contributed by atoms with Gasteiger partial charge in [0.05, 0.1) is 6.42 Å². The van der Waals surface area contributed by atoms with Crippen LogP contribution < -0.4 is 0 Å². The molecule has 0 bridgehead atoms. The molecule has 7 nitrogen and oxygen atoms in total. The zero-order valence-corrected chi connectivity index (χ0v) is 15.0. The molecule has 0 aromatic heterocycles. The van der Waals surface area contributed by atoms with E-state index in [1.54, 1.807) is 4.90 Å². The molecule has 0 saturated carbocycles. The Hall–Kier alpha value is -0.963. The molecular weight excluding hydrogens is 306 g/mol. The number of rotatable bonds is 13. The summed E-state index contributed by atoms with van der Waals surface area (Å²) in [4.78, 5) is 23.8. The summed E-state index contributed by atoms with van der Waals surface area (Å²) < 4.78 is 11.5. The van der Waals surface area contributed by atoms with E-state index >= 15 is 0 Å². The Bertz CT molecular complexity index is 346. The average Bonchev–Trinajstić information content (AvgIpc) is 2.41. The van der Waals surface area contributed by atoms with Crippen molar-refractivity contribution in [2.75, 3.05) is 26.3 Å². The van der Waals surface area contributed by atoms with E-state index in [1.165, 1.54) is 0 Å². The summed E-state index contributed by atoms with van der Waals surface area (Å²) in [5, 5.41) is 18.1. The molecule has 0 aromatic rings. The van der Waals surface area contributed by atoms with Crippen molar-refractivity contribution in [2.45, 2.75) is 52.2 Å². The number of hydrogen-bond acceptors (Lipinski definition) is 5. The molecule has 8 heteroatoms. The molecule has 0 rings (SSSR count). The highest BCUT2D eigenvalue weighted by Crippen LogP contribution is 2.17.